The Balaban J connectivity index is 2.10. The summed E-state index contributed by atoms with van der Waals surface area (Å²) in [4.78, 5) is 15.3. The molecule has 130 valence electrons. The second-order valence-electron chi connectivity index (χ2n) is 5.36. The minimum Gasteiger partial charge on any atom is -0.494 e. The highest BCUT2D eigenvalue weighted by molar-refractivity contribution is 6.77. The molecular weight excluding hydrogens is 404 g/mol. The van der Waals surface area contributed by atoms with Crippen LogP contribution in [0.25, 0.3) is 22.0 Å². The van der Waals surface area contributed by atoms with Crippen LogP contribution in [0, 0.1) is 0 Å². The monoisotopic (exact) mass is 415 g/mol. The van der Waals surface area contributed by atoms with Gasteiger partial charge in [0.2, 0.25) is 5.78 Å². The SMILES string of the molecule is CCOc1ccc(-c2cc3c(C(=O)C(Cl)(Cl)Cl)c[nH]c3cc2Cl)cc1. The number of Topliss-reactive ketones (excluding diaryl/α,β-unsaturated/α-hetero) is 1. The smallest absolute Gasteiger partial charge is 0.253 e. The van der Waals surface area contributed by atoms with Crippen LogP contribution in [0.4, 0.5) is 0 Å². The van der Waals surface area contributed by atoms with Crippen molar-refractivity contribution in [3.8, 4) is 16.9 Å². The van der Waals surface area contributed by atoms with E-state index in [0.717, 1.165) is 16.9 Å². The van der Waals surface area contributed by atoms with Crippen LogP contribution >= 0.6 is 46.4 Å². The molecule has 0 atom stereocenters. The highest BCUT2D eigenvalue weighted by Crippen LogP contribution is 2.37. The Morgan fingerprint density at radius 2 is 1.84 bits per heavy atom. The number of hydrogen-bond acceptors (Lipinski definition) is 2. The van der Waals surface area contributed by atoms with Crippen LogP contribution in [0.1, 0.15) is 17.3 Å². The minimum absolute atomic E-state index is 0.304. The number of ether oxygens (including phenoxy) is 1. The average molecular weight is 417 g/mol. The van der Waals surface area contributed by atoms with Crippen LogP contribution in [-0.2, 0) is 0 Å². The number of rotatable bonds is 4. The highest BCUT2D eigenvalue weighted by atomic mass is 35.6. The van der Waals surface area contributed by atoms with Gasteiger partial charge in [-0.25, -0.2) is 0 Å². The number of benzene rings is 2. The molecule has 7 heteroatoms. The maximum atomic E-state index is 12.3. The number of H-pyrrole nitrogens is 1. The van der Waals surface area contributed by atoms with Crippen LogP contribution in [-0.4, -0.2) is 21.2 Å². The molecule has 1 heterocycles. The van der Waals surface area contributed by atoms with Gasteiger partial charge in [-0.05, 0) is 36.8 Å². The molecule has 25 heavy (non-hydrogen) atoms. The molecule has 0 aliphatic carbocycles. The van der Waals surface area contributed by atoms with Gasteiger partial charge < -0.3 is 9.72 Å². The van der Waals surface area contributed by atoms with E-state index in [4.69, 9.17) is 51.1 Å². The number of halogens is 4. The minimum atomic E-state index is -2.02. The number of hydrogen-bond donors (Lipinski definition) is 1. The molecule has 0 aliphatic heterocycles. The summed E-state index contributed by atoms with van der Waals surface area (Å²) >= 11 is 23.6. The predicted molar refractivity (Wildman–Crippen MR) is 105 cm³/mol. The summed E-state index contributed by atoms with van der Waals surface area (Å²) in [5, 5.41) is 1.19. The van der Waals surface area contributed by atoms with Crippen LogP contribution in [0.15, 0.2) is 42.6 Å². The third kappa shape index (κ3) is 3.75. The molecule has 0 unspecified atom stereocenters. The molecule has 0 fully saturated rings. The molecule has 2 aromatic carbocycles. The number of carbonyl (C=O) groups is 1. The molecule has 0 saturated heterocycles. The summed E-state index contributed by atoms with van der Waals surface area (Å²) in [6.07, 6.45) is 1.52. The summed E-state index contributed by atoms with van der Waals surface area (Å²) in [5.74, 6) is 0.181. The van der Waals surface area contributed by atoms with E-state index in [9.17, 15) is 4.79 Å². The lowest BCUT2D eigenvalue weighted by Gasteiger charge is -2.10. The second kappa shape index (κ2) is 7.08. The van der Waals surface area contributed by atoms with Crippen LogP contribution in [0.2, 0.25) is 5.02 Å². The third-order valence-corrected chi connectivity index (χ3v) is 4.58. The first-order valence-electron chi connectivity index (χ1n) is 7.46. The van der Waals surface area contributed by atoms with Crippen molar-refractivity contribution >= 4 is 63.1 Å². The van der Waals surface area contributed by atoms with Gasteiger partial charge in [0.15, 0.2) is 0 Å². The van der Waals surface area contributed by atoms with Crippen LogP contribution < -0.4 is 4.74 Å². The molecule has 0 radical (unpaired) electrons. The van der Waals surface area contributed by atoms with Crippen molar-refractivity contribution in [2.75, 3.05) is 6.61 Å². The summed E-state index contributed by atoms with van der Waals surface area (Å²) in [7, 11) is 0. The first-order valence-corrected chi connectivity index (χ1v) is 8.98. The van der Waals surface area contributed by atoms with E-state index in [1.165, 1.54) is 6.20 Å². The Morgan fingerprint density at radius 3 is 2.44 bits per heavy atom. The maximum absolute atomic E-state index is 12.3. The van der Waals surface area contributed by atoms with Crippen molar-refractivity contribution in [1.82, 2.24) is 4.98 Å². The summed E-state index contributed by atoms with van der Waals surface area (Å²) in [5.41, 5.74) is 2.66. The van der Waals surface area contributed by atoms with Gasteiger partial charge >= 0.3 is 0 Å². The number of carbonyl (C=O) groups excluding carboxylic acids is 1. The Morgan fingerprint density at radius 1 is 1.16 bits per heavy atom. The zero-order chi connectivity index (χ0) is 18.2. The quantitative estimate of drug-likeness (QED) is 0.392. The topological polar surface area (TPSA) is 42.1 Å². The number of nitrogens with one attached hydrogen (secondary N) is 1. The number of aromatic amines is 1. The maximum Gasteiger partial charge on any atom is 0.253 e. The van der Waals surface area contributed by atoms with Gasteiger partial charge in [0.25, 0.3) is 3.79 Å². The number of fused-ring (bicyclic) bond motifs is 1. The van der Waals surface area contributed by atoms with Crippen LogP contribution in [0.5, 0.6) is 5.75 Å². The molecule has 0 amide bonds. The van der Waals surface area contributed by atoms with Crippen molar-refractivity contribution in [3.63, 3.8) is 0 Å². The molecule has 0 aliphatic rings. The first-order chi connectivity index (χ1) is 11.8. The standard InChI is InChI=1S/C18H13Cl4NO2/c1-2-25-11-5-3-10(4-6-11)12-7-13-14(17(24)18(20,21)22)9-23-16(13)8-15(12)19/h3-9,23H,2H2,1H3. The van der Waals surface area contributed by atoms with Gasteiger partial charge in [-0.15, -0.1) is 0 Å². The molecular formula is C18H13Cl4NO2. The highest BCUT2D eigenvalue weighted by Gasteiger charge is 2.33. The fourth-order valence-electron chi connectivity index (χ4n) is 2.60. The molecule has 1 aromatic heterocycles. The van der Waals surface area contributed by atoms with Crippen molar-refractivity contribution in [3.05, 3.63) is 53.2 Å². The van der Waals surface area contributed by atoms with E-state index in [-0.39, 0.29) is 0 Å². The number of alkyl halides is 3. The van der Waals surface area contributed by atoms with Gasteiger partial charge in [0.1, 0.15) is 5.75 Å². The Kier molecular flexibility index (Phi) is 5.21. The first kappa shape index (κ1) is 18.4. The van der Waals surface area contributed by atoms with E-state index >= 15 is 0 Å². The molecule has 3 aromatic rings. The molecule has 0 spiro atoms. The van der Waals surface area contributed by atoms with E-state index in [1.54, 1.807) is 6.07 Å². The third-order valence-electron chi connectivity index (χ3n) is 3.75. The largest absolute Gasteiger partial charge is 0.494 e. The summed E-state index contributed by atoms with van der Waals surface area (Å²) in [6, 6.07) is 11.1. The number of ketones is 1. The fraction of sp³-hybridized carbons (Fsp3) is 0.167. The van der Waals surface area contributed by atoms with Gasteiger partial charge in [-0.3, -0.25) is 4.79 Å². The Hall–Kier alpha value is -1.39. The van der Waals surface area contributed by atoms with E-state index in [0.29, 0.717) is 28.1 Å². The van der Waals surface area contributed by atoms with Crippen molar-refractivity contribution in [2.45, 2.75) is 10.7 Å². The van der Waals surface area contributed by atoms with E-state index in [1.807, 2.05) is 37.3 Å². The molecule has 1 N–H and O–H groups in total. The van der Waals surface area contributed by atoms with Crippen molar-refractivity contribution in [1.29, 1.82) is 0 Å². The van der Waals surface area contributed by atoms with Gasteiger partial charge in [0.05, 0.1) is 11.6 Å². The van der Waals surface area contributed by atoms with Crippen molar-refractivity contribution < 1.29 is 9.53 Å². The summed E-state index contributed by atoms with van der Waals surface area (Å²) < 4.78 is 3.43. The van der Waals surface area contributed by atoms with Gasteiger partial charge in [0, 0.05) is 28.2 Å². The lowest BCUT2D eigenvalue weighted by molar-refractivity contribution is 0.0998. The molecule has 3 rings (SSSR count). The predicted octanol–water partition coefficient (Wildman–Crippen LogP) is 6.44. The van der Waals surface area contributed by atoms with Gasteiger partial charge in [-0.1, -0.05) is 58.5 Å². The van der Waals surface area contributed by atoms with Gasteiger partial charge in [-0.2, -0.15) is 0 Å². The Bertz CT molecular complexity index is 927. The Labute approximate surface area is 164 Å². The lowest BCUT2D eigenvalue weighted by atomic mass is 10.0. The molecule has 0 saturated carbocycles. The van der Waals surface area contributed by atoms with Crippen LogP contribution in [0.3, 0.4) is 0 Å². The lowest BCUT2D eigenvalue weighted by Crippen LogP contribution is -2.18. The molecule has 3 nitrogen and oxygen atoms in total. The average Bonchev–Trinajstić information content (AvgIpc) is 2.96. The molecule has 0 bridgehead atoms. The zero-order valence-electron chi connectivity index (χ0n) is 13.1. The normalized spacial score (nSPS) is 11.7. The number of aromatic nitrogens is 1. The zero-order valence-corrected chi connectivity index (χ0v) is 16.1. The summed E-state index contributed by atoms with van der Waals surface area (Å²) in [6.45, 7) is 2.52. The van der Waals surface area contributed by atoms with Crippen molar-refractivity contribution in [2.24, 2.45) is 0 Å². The van der Waals surface area contributed by atoms with E-state index < -0.39 is 9.58 Å². The van der Waals surface area contributed by atoms with E-state index in [2.05, 4.69) is 4.98 Å². The second-order valence-corrected chi connectivity index (χ2v) is 8.05. The fourth-order valence-corrected chi connectivity index (χ4v) is 3.18.